The topological polar surface area (TPSA) is 110 Å². The molecule has 1 aromatic rings. The van der Waals surface area contributed by atoms with Crippen molar-refractivity contribution in [2.45, 2.75) is 19.8 Å². The van der Waals surface area contributed by atoms with E-state index >= 15 is 0 Å². The van der Waals surface area contributed by atoms with Gasteiger partial charge in [0.1, 0.15) is 0 Å². The number of carbonyl (C=O) groups excluding carboxylic acids is 1. The van der Waals surface area contributed by atoms with Gasteiger partial charge in [0, 0.05) is 19.2 Å². The summed E-state index contributed by atoms with van der Waals surface area (Å²) in [5, 5.41) is 20.0. The Morgan fingerprint density at radius 2 is 2.13 bits per heavy atom. The second kappa shape index (κ2) is 6.64. The van der Waals surface area contributed by atoms with Gasteiger partial charge in [0.05, 0.1) is 23.4 Å². The number of amides is 1. The molecule has 1 fully saturated rings. The van der Waals surface area contributed by atoms with Crippen molar-refractivity contribution < 1.29 is 24.4 Å². The molecule has 1 N–H and O–H groups in total. The summed E-state index contributed by atoms with van der Waals surface area (Å²) in [7, 11) is 0. The first-order valence-corrected chi connectivity index (χ1v) is 7.21. The maximum absolute atomic E-state index is 12.1. The van der Waals surface area contributed by atoms with Gasteiger partial charge in [-0.25, -0.2) is 0 Å². The summed E-state index contributed by atoms with van der Waals surface area (Å²) in [5.41, 5.74) is -1.06. The van der Waals surface area contributed by atoms with E-state index in [1.807, 2.05) is 0 Å². The van der Waals surface area contributed by atoms with Gasteiger partial charge < -0.3 is 14.7 Å². The fourth-order valence-corrected chi connectivity index (χ4v) is 2.48. The molecule has 0 radical (unpaired) electrons. The van der Waals surface area contributed by atoms with Crippen LogP contribution in [-0.2, 0) is 9.59 Å². The minimum atomic E-state index is -0.913. The summed E-state index contributed by atoms with van der Waals surface area (Å²) in [6.45, 7) is 2.19. The van der Waals surface area contributed by atoms with Gasteiger partial charge in [-0.3, -0.25) is 19.7 Å². The van der Waals surface area contributed by atoms with Gasteiger partial charge in [0.2, 0.25) is 5.91 Å². The van der Waals surface area contributed by atoms with E-state index in [0.29, 0.717) is 13.0 Å². The normalized spacial score (nSPS) is 20.3. The van der Waals surface area contributed by atoms with Crippen molar-refractivity contribution in [1.29, 1.82) is 0 Å². The zero-order valence-corrected chi connectivity index (χ0v) is 12.7. The van der Waals surface area contributed by atoms with Gasteiger partial charge in [-0.05, 0) is 19.4 Å². The number of ether oxygens (including phenoxy) is 1. The lowest BCUT2D eigenvalue weighted by Gasteiger charge is -2.20. The predicted octanol–water partition coefficient (Wildman–Crippen LogP) is 1.69. The van der Waals surface area contributed by atoms with Gasteiger partial charge in [0.25, 0.3) is 0 Å². The number of nitrogens with zero attached hydrogens (tertiary/aromatic N) is 2. The Morgan fingerprint density at radius 3 is 2.74 bits per heavy atom. The molecule has 8 nitrogen and oxygen atoms in total. The number of benzene rings is 1. The van der Waals surface area contributed by atoms with Crippen LogP contribution in [0.4, 0.5) is 5.69 Å². The molecule has 0 saturated carbocycles. The van der Waals surface area contributed by atoms with Crippen molar-refractivity contribution in [3.05, 3.63) is 34.4 Å². The van der Waals surface area contributed by atoms with Crippen molar-refractivity contribution in [2.75, 3.05) is 19.7 Å². The molecule has 1 aliphatic rings. The number of carboxylic acid groups (broad SMARTS) is 1. The van der Waals surface area contributed by atoms with Crippen molar-refractivity contribution in [3.8, 4) is 5.75 Å². The Morgan fingerprint density at radius 1 is 1.43 bits per heavy atom. The predicted molar refractivity (Wildman–Crippen MR) is 80.1 cm³/mol. The van der Waals surface area contributed by atoms with Gasteiger partial charge >= 0.3 is 11.7 Å². The third-order valence-electron chi connectivity index (χ3n) is 3.98. The summed E-state index contributed by atoms with van der Waals surface area (Å²) in [5.74, 6) is -1.01. The molecule has 0 aliphatic carbocycles. The Balaban J connectivity index is 1.87. The lowest BCUT2D eigenvalue weighted by molar-refractivity contribution is -0.385. The van der Waals surface area contributed by atoms with Crippen LogP contribution in [0.2, 0.25) is 0 Å². The zero-order chi connectivity index (χ0) is 17.0. The monoisotopic (exact) mass is 322 g/mol. The average molecular weight is 322 g/mol. The Bertz CT molecular complexity index is 632. The summed E-state index contributed by atoms with van der Waals surface area (Å²) < 4.78 is 5.32. The van der Waals surface area contributed by atoms with E-state index in [2.05, 4.69) is 0 Å². The van der Waals surface area contributed by atoms with Crippen LogP contribution in [-0.4, -0.2) is 46.5 Å². The van der Waals surface area contributed by atoms with E-state index < -0.39 is 16.3 Å². The van der Waals surface area contributed by atoms with Gasteiger partial charge in [-0.1, -0.05) is 12.1 Å². The molecular weight excluding hydrogens is 304 g/mol. The number of rotatable bonds is 6. The standard InChI is InChI=1S/C15H18N2O6/c1-15(14(19)20)7-8-16(10-15)13(18)6-9-23-12-5-3-2-4-11(12)17(21)22/h2-5H,6-10H2,1H3,(H,19,20). The number of para-hydroxylation sites is 2. The molecule has 1 atom stereocenters. The smallest absolute Gasteiger partial charge is 0.311 e. The Kier molecular flexibility index (Phi) is 4.83. The summed E-state index contributed by atoms with van der Waals surface area (Å²) >= 11 is 0. The van der Waals surface area contributed by atoms with Crippen molar-refractivity contribution >= 4 is 17.6 Å². The molecule has 124 valence electrons. The highest BCUT2D eigenvalue weighted by molar-refractivity contribution is 5.80. The average Bonchev–Trinajstić information content (AvgIpc) is 2.91. The van der Waals surface area contributed by atoms with Gasteiger partial charge in [-0.2, -0.15) is 0 Å². The lowest BCUT2D eigenvalue weighted by atomic mass is 9.90. The number of hydrogen-bond donors (Lipinski definition) is 1. The number of nitro groups is 1. The largest absolute Gasteiger partial charge is 0.486 e. The molecule has 0 bridgehead atoms. The number of carboxylic acids is 1. The fourth-order valence-electron chi connectivity index (χ4n) is 2.48. The van der Waals surface area contributed by atoms with Gasteiger partial charge in [-0.15, -0.1) is 0 Å². The lowest BCUT2D eigenvalue weighted by Crippen LogP contribution is -2.35. The summed E-state index contributed by atoms with van der Waals surface area (Å²) in [6, 6.07) is 5.95. The molecule has 1 saturated heterocycles. The maximum atomic E-state index is 12.1. The molecule has 2 rings (SSSR count). The highest BCUT2D eigenvalue weighted by atomic mass is 16.6. The Hall–Kier alpha value is -2.64. The van der Waals surface area contributed by atoms with Crippen LogP contribution in [0.1, 0.15) is 19.8 Å². The first-order chi connectivity index (χ1) is 10.8. The van der Waals surface area contributed by atoms with E-state index in [4.69, 9.17) is 9.84 Å². The highest BCUT2D eigenvalue weighted by Gasteiger charge is 2.41. The number of nitro benzene ring substituents is 1. The Labute approximate surface area is 132 Å². The molecule has 23 heavy (non-hydrogen) atoms. The van der Waals surface area contributed by atoms with Crippen LogP contribution in [0.5, 0.6) is 5.75 Å². The number of hydrogen-bond acceptors (Lipinski definition) is 5. The van der Waals surface area contributed by atoms with Crippen LogP contribution in [0.15, 0.2) is 24.3 Å². The number of aliphatic carboxylic acids is 1. The van der Waals surface area contributed by atoms with Crippen LogP contribution in [0.3, 0.4) is 0 Å². The zero-order valence-electron chi connectivity index (χ0n) is 12.7. The first-order valence-electron chi connectivity index (χ1n) is 7.21. The molecule has 1 amide bonds. The van der Waals surface area contributed by atoms with E-state index in [1.165, 1.54) is 23.1 Å². The van der Waals surface area contributed by atoms with Crippen LogP contribution in [0.25, 0.3) is 0 Å². The molecule has 1 aromatic carbocycles. The third-order valence-corrected chi connectivity index (χ3v) is 3.98. The minimum absolute atomic E-state index is 0.00394. The third kappa shape index (κ3) is 3.77. The van der Waals surface area contributed by atoms with Crippen LogP contribution in [0, 0.1) is 15.5 Å². The molecule has 0 spiro atoms. The van der Waals surface area contributed by atoms with E-state index in [9.17, 15) is 19.7 Å². The molecular formula is C15H18N2O6. The minimum Gasteiger partial charge on any atom is -0.486 e. The molecule has 1 heterocycles. The quantitative estimate of drug-likeness (QED) is 0.630. The highest BCUT2D eigenvalue weighted by Crippen LogP contribution is 2.30. The van der Waals surface area contributed by atoms with Crippen LogP contribution < -0.4 is 4.74 Å². The van der Waals surface area contributed by atoms with E-state index in [0.717, 1.165) is 0 Å². The number of likely N-dealkylation sites (tertiary alicyclic amines) is 1. The molecule has 1 unspecified atom stereocenters. The second-order valence-corrected chi connectivity index (χ2v) is 5.75. The van der Waals surface area contributed by atoms with Crippen molar-refractivity contribution in [1.82, 2.24) is 4.90 Å². The van der Waals surface area contributed by atoms with E-state index in [1.54, 1.807) is 13.0 Å². The van der Waals surface area contributed by atoms with E-state index in [-0.39, 0.29) is 36.9 Å². The number of carbonyl (C=O) groups is 2. The van der Waals surface area contributed by atoms with Crippen LogP contribution >= 0.6 is 0 Å². The molecule has 0 aromatic heterocycles. The summed E-state index contributed by atoms with van der Waals surface area (Å²) in [4.78, 5) is 35.1. The first kappa shape index (κ1) is 16.7. The summed E-state index contributed by atoms with van der Waals surface area (Å²) in [6.07, 6.45) is 0.459. The second-order valence-electron chi connectivity index (χ2n) is 5.75. The molecule has 8 heteroatoms. The maximum Gasteiger partial charge on any atom is 0.311 e. The SMILES string of the molecule is CC1(C(=O)O)CCN(C(=O)CCOc2ccccc2[N+](=O)[O-])C1. The molecule has 1 aliphatic heterocycles. The van der Waals surface area contributed by atoms with Crippen molar-refractivity contribution in [2.24, 2.45) is 5.41 Å². The fraction of sp³-hybridized carbons (Fsp3) is 0.467. The van der Waals surface area contributed by atoms with Gasteiger partial charge in [0.15, 0.2) is 5.75 Å². The van der Waals surface area contributed by atoms with Crippen molar-refractivity contribution in [3.63, 3.8) is 0 Å².